The first kappa shape index (κ1) is 19.6. The summed E-state index contributed by atoms with van der Waals surface area (Å²) in [6, 6.07) is 11.4. The summed E-state index contributed by atoms with van der Waals surface area (Å²) in [5, 5.41) is 3.06. The number of nitrogens with one attached hydrogen (secondary N) is 1. The van der Waals surface area contributed by atoms with Crippen LogP contribution in [0.5, 0.6) is 11.6 Å². The number of anilines is 1. The minimum Gasteiger partial charge on any atom is -0.491 e. The predicted octanol–water partition coefficient (Wildman–Crippen LogP) is 3.97. The normalized spacial score (nSPS) is 12.2. The van der Waals surface area contributed by atoms with Gasteiger partial charge < -0.3 is 20.5 Å². The van der Waals surface area contributed by atoms with Crippen molar-refractivity contribution in [1.29, 1.82) is 0 Å². The molecule has 0 aliphatic rings. The van der Waals surface area contributed by atoms with E-state index in [1.54, 1.807) is 6.20 Å². The number of nitrogens with zero attached hydrogens (tertiary/aromatic N) is 2. The van der Waals surface area contributed by atoms with Crippen molar-refractivity contribution in [2.24, 2.45) is 10.7 Å². The van der Waals surface area contributed by atoms with Crippen LogP contribution >= 0.6 is 0 Å². The highest BCUT2D eigenvalue weighted by Crippen LogP contribution is 2.17. The van der Waals surface area contributed by atoms with Crippen molar-refractivity contribution in [2.45, 2.75) is 52.9 Å². The summed E-state index contributed by atoms with van der Waals surface area (Å²) < 4.78 is 11.3. The number of guanidine groups is 1. The number of aliphatic imine (C=N–C) groups is 1. The van der Waals surface area contributed by atoms with E-state index in [0.717, 1.165) is 17.0 Å². The molecule has 0 atom stereocenters. The van der Waals surface area contributed by atoms with E-state index in [9.17, 15) is 0 Å². The highest BCUT2D eigenvalue weighted by Gasteiger charge is 2.12. The second kappa shape index (κ2) is 8.56. The van der Waals surface area contributed by atoms with E-state index >= 15 is 0 Å². The fourth-order valence-corrected chi connectivity index (χ4v) is 2.13. The van der Waals surface area contributed by atoms with Gasteiger partial charge in [-0.15, -0.1) is 0 Å². The zero-order chi connectivity index (χ0) is 19.2. The van der Waals surface area contributed by atoms with Crippen LogP contribution in [0, 0.1) is 0 Å². The smallest absolute Gasteiger partial charge is 0.213 e. The zero-order valence-corrected chi connectivity index (χ0v) is 16.1. The van der Waals surface area contributed by atoms with Crippen LogP contribution in [0.3, 0.4) is 0 Å². The van der Waals surface area contributed by atoms with E-state index in [-0.39, 0.29) is 11.7 Å². The largest absolute Gasteiger partial charge is 0.491 e. The summed E-state index contributed by atoms with van der Waals surface area (Å²) >= 11 is 0. The third-order valence-electron chi connectivity index (χ3n) is 3.14. The van der Waals surface area contributed by atoms with Gasteiger partial charge in [-0.2, -0.15) is 0 Å². The first-order valence-electron chi connectivity index (χ1n) is 8.69. The number of rotatable bonds is 6. The molecule has 0 fully saturated rings. The maximum Gasteiger partial charge on any atom is 0.213 e. The van der Waals surface area contributed by atoms with Crippen LogP contribution in [0.2, 0.25) is 0 Å². The molecule has 0 amide bonds. The minimum absolute atomic E-state index is 0.147. The summed E-state index contributed by atoms with van der Waals surface area (Å²) in [5.74, 6) is 1.77. The van der Waals surface area contributed by atoms with Crippen molar-refractivity contribution < 1.29 is 9.47 Å². The van der Waals surface area contributed by atoms with Gasteiger partial charge in [-0.1, -0.05) is 6.07 Å². The molecule has 0 saturated carbocycles. The third kappa shape index (κ3) is 7.01. The van der Waals surface area contributed by atoms with Gasteiger partial charge in [-0.25, -0.2) is 9.98 Å². The number of pyridine rings is 1. The van der Waals surface area contributed by atoms with Gasteiger partial charge in [0.15, 0.2) is 5.96 Å². The lowest BCUT2D eigenvalue weighted by atomic mass is 10.2. The maximum absolute atomic E-state index is 5.95. The maximum atomic E-state index is 5.95. The standard InChI is InChI=1S/C20H28N4O2/c1-14(2)25-17-9-7-16(8-10-17)24-19(21)23-13-15-6-11-18(22-12-15)26-20(3,4)5/h6-12,14H,13H2,1-5H3,(H3,21,23,24). The molecule has 6 nitrogen and oxygen atoms in total. The van der Waals surface area contributed by atoms with E-state index < -0.39 is 0 Å². The van der Waals surface area contributed by atoms with Crippen LogP contribution < -0.4 is 20.5 Å². The Bertz CT molecular complexity index is 717. The molecule has 2 aromatic rings. The summed E-state index contributed by atoms with van der Waals surface area (Å²) in [6.45, 7) is 10.4. The number of nitrogens with two attached hydrogens (primary N) is 1. The fraction of sp³-hybridized carbons (Fsp3) is 0.400. The van der Waals surface area contributed by atoms with Crippen LogP contribution in [0.15, 0.2) is 47.6 Å². The molecular weight excluding hydrogens is 328 g/mol. The molecule has 0 spiro atoms. The molecule has 26 heavy (non-hydrogen) atoms. The number of aromatic nitrogens is 1. The lowest BCUT2D eigenvalue weighted by Crippen LogP contribution is -2.23. The van der Waals surface area contributed by atoms with E-state index in [1.807, 2.05) is 71.0 Å². The Morgan fingerprint density at radius 3 is 2.38 bits per heavy atom. The van der Waals surface area contributed by atoms with Crippen molar-refractivity contribution in [3.05, 3.63) is 48.2 Å². The first-order valence-corrected chi connectivity index (χ1v) is 8.69. The molecule has 0 aliphatic carbocycles. The van der Waals surface area contributed by atoms with Crippen molar-refractivity contribution in [3.8, 4) is 11.6 Å². The summed E-state index contributed by atoms with van der Waals surface area (Å²) in [4.78, 5) is 8.63. The average molecular weight is 356 g/mol. The lowest BCUT2D eigenvalue weighted by Gasteiger charge is -2.20. The van der Waals surface area contributed by atoms with Gasteiger partial charge in [-0.05, 0) is 64.4 Å². The zero-order valence-electron chi connectivity index (χ0n) is 16.1. The highest BCUT2D eigenvalue weighted by molar-refractivity contribution is 5.92. The average Bonchev–Trinajstić information content (AvgIpc) is 2.54. The van der Waals surface area contributed by atoms with Crippen molar-refractivity contribution >= 4 is 11.6 Å². The van der Waals surface area contributed by atoms with Gasteiger partial charge >= 0.3 is 0 Å². The van der Waals surface area contributed by atoms with Gasteiger partial charge in [-0.3, -0.25) is 0 Å². The molecule has 3 N–H and O–H groups in total. The highest BCUT2D eigenvalue weighted by atomic mass is 16.5. The van der Waals surface area contributed by atoms with E-state index in [1.165, 1.54) is 0 Å². The quantitative estimate of drug-likeness (QED) is 0.604. The summed E-state index contributed by atoms with van der Waals surface area (Å²) in [6.07, 6.45) is 1.89. The Balaban J connectivity index is 1.89. The molecule has 0 saturated heterocycles. The molecule has 0 aliphatic heterocycles. The Hall–Kier alpha value is -2.76. The van der Waals surface area contributed by atoms with Crippen molar-refractivity contribution in [3.63, 3.8) is 0 Å². The monoisotopic (exact) mass is 356 g/mol. The van der Waals surface area contributed by atoms with Gasteiger partial charge in [0.25, 0.3) is 0 Å². The van der Waals surface area contributed by atoms with Crippen molar-refractivity contribution in [2.75, 3.05) is 5.32 Å². The predicted molar refractivity (Wildman–Crippen MR) is 106 cm³/mol. The van der Waals surface area contributed by atoms with Crippen LogP contribution in [-0.2, 0) is 6.54 Å². The van der Waals surface area contributed by atoms with Gasteiger partial charge in [0.2, 0.25) is 5.88 Å². The van der Waals surface area contributed by atoms with Gasteiger partial charge in [0.1, 0.15) is 11.4 Å². The van der Waals surface area contributed by atoms with Crippen LogP contribution in [0.4, 0.5) is 5.69 Å². The van der Waals surface area contributed by atoms with Crippen molar-refractivity contribution in [1.82, 2.24) is 4.98 Å². The summed E-state index contributed by atoms with van der Waals surface area (Å²) in [7, 11) is 0. The molecule has 1 aromatic heterocycles. The molecule has 1 aromatic carbocycles. The van der Waals surface area contributed by atoms with Crippen LogP contribution in [0.25, 0.3) is 0 Å². The topological polar surface area (TPSA) is 81.8 Å². The molecule has 1 heterocycles. The number of ether oxygens (including phenoxy) is 2. The van der Waals surface area contributed by atoms with Gasteiger partial charge in [0.05, 0.1) is 12.6 Å². The Labute approximate surface area is 155 Å². The molecule has 2 rings (SSSR count). The summed E-state index contributed by atoms with van der Waals surface area (Å²) in [5.41, 5.74) is 7.49. The first-order chi connectivity index (χ1) is 12.2. The Morgan fingerprint density at radius 2 is 1.85 bits per heavy atom. The van der Waals surface area contributed by atoms with E-state index in [4.69, 9.17) is 15.2 Å². The van der Waals surface area contributed by atoms with Crippen LogP contribution in [0.1, 0.15) is 40.2 Å². The molecule has 0 bridgehead atoms. The molecule has 6 heteroatoms. The van der Waals surface area contributed by atoms with Gasteiger partial charge in [0, 0.05) is 18.0 Å². The SMILES string of the molecule is CC(C)Oc1ccc(NC(N)=NCc2ccc(OC(C)(C)C)nc2)cc1. The third-order valence-corrected chi connectivity index (χ3v) is 3.14. The number of hydrogen-bond acceptors (Lipinski definition) is 4. The second-order valence-electron chi connectivity index (χ2n) is 7.24. The lowest BCUT2D eigenvalue weighted by molar-refractivity contribution is 0.124. The molecule has 140 valence electrons. The number of hydrogen-bond donors (Lipinski definition) is 2. The number of benzene rings is 1. The molecular formula is C20H28N4O2. The van der Waals surface area contributed by atoms with E-state index in [2.05, 4.69) is 15.3 Å². The van der Waals surface area contributed by atoms with E-state index in [0.29, 0.717) is 18.4 Å². The Kier molecular flexibility index (Phi) is 6.44. The molecule has 0 unspecified atom stereocenters. The molecule has 0 radical (unpaired) electrons. The Morgan fingerprint density at radius 1 is 1.15 bits per heavy atom. The second-order valence-corrected chi connectivity index (χ2v) is 7.24. The minimum atomic E-state index is -0.267. The fourth-order valence-electron chi connectivity index (χ4n) is 2.13. The van der Waals surface area contributed by atoms with Crippen LogP contribution in [-0.4, -0.2) is 22.6 Å².